The summed E-state index contributed by atoms with van der Waals surface area (Å²) in [4.78, 5) is 34.7. The number of nitrogens with zero attached hydrogens (tertiary/aromatic N) is 1. The summed E-state index contributed by atoms with van der Waals surface area (Å²) in [6.45, 7) is 3.31. The minimum absolute atomic E-state index is 0.0106. The van der Waals surface area contributed by atoms with Gasteiger partial charge in [-0.3, -0.25) is 19.7 Å². The quantitative estimate of drug-likeness (QED) is 0.647. The lowest BCUT2D eigenvalue weighted by Crippen LogP contribution is -2.28. The van der Waals surface area contributed by atoms with Gasteiger partial charge in [0.15, 0.2) is 6.61 Å². The first-order valence-corrected chi connectivity index (χ1v) is 7.98. The number of rotatable bonds is 4. The Kier molecular flexibility index (Phi) is 4.57. The van der Waals surface area contributed by atoms with Crippen LogP contribution in [0.25, 0.3) is 0 Å². The van der Waals surface area contributed by atoms with E-state index in [9.17, 15) is 19.7 Å². The molecule has 1 aliphatic rings. The molecule has 3 rings (SSSR count). The zero-order chi connectivity index (χ0) is 18.8. The monoisotopic (exact) mass is 355 g/mol. The molecule has 0 spiro atoms. The Morgan fingerprint density at radius 3 is 2.85 bits per heavy atom. The third kappa shape index (κ3) is 3.34. The number of amides is 2. The number of fused-ring (bicyclic) bond motifs is 1. The van der Waals surface area contributed by atoms with Crippen molar-refractivity contribution in [2.45, 2.75) is 19.9 Å². The predicted molar refractivity (Wildman–Crippen MR) is 94.3 cm³/mol. The van der Waals surface area contributed by atoms with Gasteiger partial charge in [0.1, 0.15) is 11.3 Å². The molecule has 2 aromatic carbocycles. The van der Waals surface area contributed by atoms with E-state index in [1.807, 2.05) is 0 Å². The molecule has 2 aromatic rings. The molecule has 0 fully saturated rings. The molecule has 2 amide bonds. The van der Waals surface area contributed by atoms with Crippen LogP contribution in [0.5, 0.6) is 5.75 Å². The number of anilines is 1. The molecule has 134 valence electrons. The number of benzene rings is 2. The van der Waals surface area contributed by atoms with Crippen LogP contribution in [0.15, 0.2) is 36.4 Å². The number of hydrogen-bond acceptors (Lipinski definition) is 5. The Labute approximate surface area is 149 Å². The van der Waals surface area contributed by atoms with Crippen LogP contribution in [0.1, 0.15) is 34.5 Å². The van der Waals surface area contributed by atoms with Gasteiger partial charge in [-0.25, -0.2) is 0 Å². The first-order valence-electron chi connectivity index (χ1n) is 7.98. The number of hydrogen-bond donors (Lipinski definition) is 2. The fourth-order valence-electron chi connectivity index (χ4n) is 2.81. The topological polar surface area (TPSA) is 111 Å². The number of nitrogens with one attached hydrogen (secondary N) is 2. The third-order valence-corrected chi connectivity index (χ3v) is 4.15. The fraction of sp³-hybridized carbons (Fsp3) is 0.222. The molecule has 8 nitrogen and oxygen atoms in total. The van der Waals surface area contributed by atoms with Gasteiger partial charge in [0.25, 0.3) is 17.5 Å². The summed E-state index contributed by atoms with van der Waals surface area (Å²) in [5, 5.41) is 16.7. The van der Waals surface area contributed by atoms with Crippen molar-refractivity contribution < 1.29 is 19.2 Å². The lowest BCUT2D eigenvalue weighted by Gasteiger charge is -2.21. The molecule has 1 aliphatic heterocycles. The number of carbonyl (C=O) groups is 2. The number of nitro benzene ring substituents is 1. The van der Waals surface area contributed by atoms with Crippen molar-refractivity contribution in [3.63, 3.8) is 0 Å². The molecular weight excluding hydrogens is 338 g/mol. The lowest BCUT2D eigenvalue weighted by molar-refractivity contribution is -0.385. The van der Waals surface area contributed by atoms with Gasteiger partial charge in [0.05, 0.1) is 16.7 Å². The van der Waals surface area contributed by atoms with E-state index in [-0.39, 0.29) is 23.8 Å². The van der Waals surface area contributed by atoms with Gasteiger partial charge in [0.2, 0.25) is 0 Å². The summed E-state index contributed by atoms with van der Waals surface area (Å²) in [5.41, 5.74) is 1.49. The maximum absolute atomic E-state index is 12.5. The van der Waals surface area contributed by atoms with Crippen molar-refractivity contribution in [2.24, 2.45) is 0 Å². The van der Waals surface area contributed by atoms with E-state index in [0.717, 1.165) is 5.56 Å². The standard InChI is InChI=1S/C18H17N3O5/c1-10-4-3-5-13(17(10)21(24)25)18(23)19-11(2)12-6-7-15-14(8-12)20-16(22)9-26-15/h3-8,11H,9H2,1-2H3,(H,19,23)(H,20,22). The number of para-hydroxylation sites is 1. The van der Waals surface area contributed by atoms with Crippen LogP contribution in [0, 0.1) is 17.0 Å². The van der Waals surface area contributed by atoms with Gasteiger partial charge in [-0.15, -0.1) is 0 Å². The summed E-state index contributed by atoms with van der Waals surface area (Å²) in [6.07, 6.45) is 0. The van der Waals surface area contributed by atoms with Crippen LogP contribution in [-0.4, -0.2) is 23.3 Å². The fourth-order valence-corrected chi connectivity index (χ4v) is 2.81. The Morgan fingerprint density at radius 1 is 1.35 bits per heavy atom. The summed E-state index contributed by atoms with van der Waals surface area (Å²) in [5.74, 6) is -0.228. The minimum atomic E-state index is -0.555. The molecular formula is C18H17N3O5. The highest BCUT2D eigenvalue weighted by molar-refractivity contribution is 5.99. The number of ether oxygens (including phenoxy) is 1. The highest BCUT2D eigenvalue weighted by Gasteiger charge is 2.24. The molecule has 0 bridgehead atoms. The predicted octanol–water partition coefficient (Wildman–Crippen LogP) is 2.73. The molecule has 1 atom stereocenters. The number of carbonyl (C=O) groups excluding carboxylic acids is 2. The van der Waals surface area contributed by atoms with Crippen molar-refractivity contribution in [3.8, 4) is 5.75 Å². The first kappa shape index (κ1) is 17.4. The Hall–Kier alpha value is -3.42. The van der Waals surface area contributed by atoms with E-state index in [0.29, 0.717) is 17.0 Å². The van der Waals surface area contributed by atoms with Crippen molar-refractivity contribution in [3.05, 3.63) is 63.2 Å². The SMILES string of the molecule is Cc1cccc(C(=O)NC(C)c2ccc3c(c2)NC(=O)CO3)c1[N+](=O)[O-]. The third-order valence-electron chi connectivity index (χ3n) is 4.15. The van der Waals surface area contributed by atoms with Crippen LogP contribution in [0.2, 0.25) is 0 Å². The molecule has 0 aliphatic carbocycles. The lowest BCUT2D eigenvalue weighted by atomic mass is 10.0. The molecule has 0 aromatic heterocycles. The maximum Gasteiger partial charge on any atom is 0.285 e. The van der Waals surface area contributed by atoms with Crippen LogP contribution in [-0.2, 0) is 4.79 Å². The molecule has 1 unspecified atom stereocenters. The van der Waals surface area contributed by atoms with Gasteiger partial charge in [0, 0.05) is 5.56 Å². The van der Waals surface area contributed by atoms with Crippen molar-refractivity contribution in [1.82, 2.24) is 5.32 Å². The molecule has 0 saturated heterocycles. The molecule has 2 N–H and O–H groups in total. The van der Waals surface area contributed by atoms with Crippen LogP contribution in [0.3, 0.4) is 0 Å². The number of aryl methyl sites for hydroxylation is 1. The second-order valence-electron chi connectivity index (χ2n) is 6.02. The average Bonchev–Trinajstić information content (AvgIpc) is 2.60. The maximum atomic E-state index is 12.5. The number of nitro groups is 1. The highest BCUT2D eigenvalue weighted by Crippen LogP contribution is 2.31. The second-order valence-corrected chi connectivity index (χ2v) is 6.02. The average molecular weight is 355 g/mol. The Balaban J connectivity index is 1.83. The largest absolute Gasteiger partial charge is 0.482 e. The molecule has 0 radical (unpaired) electrons. The van der Waals surface area contributed by atoms with Crippen molar-refractivity contribution in [2.75, 3.05) is 11.9 Å². The Morgan fingerprint density at radius 2 is 2.12 bits per heavy atom. The smallest absolute Gasteiger partial charge is 0.285 e. The van der Waals surface area contributed by atoms with Gasteiger partial charge in [-0.05, 0) is 37.6 Å². The van der Waals surface area contributed by atoms with Gasteiger partial charge >= 0.3 is 0 Å². The van der Waals surface area contributed by atoms with Crippen LogP contribution < -0.4 is 15.4 Å². The van der Waals surface area contributed by atoms with E-state index in [2.05, 4.69) is 10.6 Å². The van der Waals surface area contributed by atoms with E-state index in [4.69, 9.17) is 4.74 Å². The van der Waals surface area contributed by atoms with E-state index < -0.39 is 16.9 Å². The molecule has 26 heavy (non-hydrogen) atoms. The van der Waals surface area contributed by atoms with Crippen LogP contribution in [0.4, 0.5) is 11.4 Å². The van der Waals surface area contributed by atoms with Gasteiger partial charge in [-0.2, -0.15) is 0 Å². The van der Waals surface area contributed by atoms with Gasteiger partial charge < -0.3 is 15.4 Å². The minimum Gasteiger partial charge on any atom is -0.482 e. The van der Waals surface area contributed by atoms with E-state index >= 15 is 0 Å². The highest BCUT2D eigenvalue weighted by atomic mass is 16.6. The summed E-state index contributed by atoms with van der Waals surface area (Å²) in [6, 6.07) is 9.38. The van der Waals surface area contributed by atoms with Gasteiger partial charge in [-0.1, -0.05) is 18.2 Å². The summed E-state index contributed by atoms with van der Waals surface area (Å²) >= 11 is 0. The molecule has 8 heteroatoms. The zero-order valence-corrected chi connectivity index (χ0v) is 14.2. The Bertz CT molecular complexity index is 910. The molecule has 1 heterocycles. The van der Waals surface area contributed by atoms with Crippen molar-refractivity contribution >= 4 is 23.2 Å². The van der Waals surface area contributed by atoms with E-state index in [1.165, 1.54) is 6.07 Å². The second kappa shape index (κ2) is 6.83. The van der Waals surface area contributed by atoms with Crippen LogP contribution >= 0.6 is 0 Å². The van der Waals surface area contributed by atoms with Crippen molar-refractivity contribution in [1.29, 1.82) is 0 Å². The molecule has 0 saturated carbocycles. The zero-order valence-electron chi connectivity index (χ0n) is 14.2. The normalized spacial score (nSPS) is 13.8. The summed E-state index contributed by atoms with van der Waals surface area (Å²) < 4.78 is 5.30. The van der Waals surface area contributed by atoms with E-state index in [1.54, 1.807) is 44.2 Å². The summed E-state index contributed by atoms with van der Waals surface area (Å²) in [7, 11) is 0. The first-order chi connectivity index (χ1) is 12.4.